The summed E-state index contributed by atoms with van der Waals surface area (Å²) in [6.45, 7) is 2.17. The van der Waals surface area contributed by atoms with Crippen LogP contribution >= 0.6 is 0 Å². The van der Waals surface area contributed by atoms with E-state index in [1.807, 2.05) is 0 Å². The molecule has 0 N–H and O–H groups in total. The minimum absolute atomic E-state index is 0.0540. The molecule has 5 unspecified atom stereocenters. The third kappa shape index (κ3) is 8.34. The van der Waals surface area contributed by atoms with E-state index in [2.05, 4.69) is 4.74 Å². The molecule has 5 atom stereocenters. The van der Waals surface area contributed by atoms with Crippen LogP contribution in [0.15, 0.2) is 0 Å². The van der Waals surface area contributed by atoms with Crippen LogP contribution in [0.4, 0.5) is 0 Å². The van der Waals surface area contributed by atoms with Crippen LogP contribution in [0.3, 0.4) is 0 Å². The number of ether oxygens (including phenoxy) is 4. The summed E-state index contributed by atoms with van der Waals surface area (Å²) in [6.07, 6.45) is 10.6. The SMILES string of the molecule is COC(=O)CCCCCCC1C(OC(C)=O)CC(OC2CCCCO2)C1CCC=O. The fourth-order valence-electron chi connectivity index (χ4n) is 4.81. The molecule has 2 fully saturated rings. The molecular formula is C23H38O7. The van der Waals surface area contributed by atoms with Gasteiger partial charge in [-0.15, -0.1) is 0 Å². The maximum absolute atomic E-state index is 11.7. The number of carbonyl (C=O) groups is 3. The van der Waals surface area contributed by atoms with E-state index in [1.54, 1.807) is 0 Å². The number of hydrogen-bond acceptors (Lipinski definition) is 7. The topological polar surface area (TPSA) is 88.1 Å². The molecule has 30 heavy (non-hydrogen) atoms. The van der Waals surface area contributed by atoms with Crippen LogP contribution in [0.5, 0.6) is 0 Å². The lowest BCUT2D eigenvalue weighted by atomic mass is 9.85. The first kappa shape index (κ1) is 24.8. The van der Waals surface area contributed by atoms with E-state index in [9.17, 15) is 14.4 Å². The number of hydrogen-bond donors (Lipinski definition) is 0. The maximum atomic E-state index is 11.7. The lowest BCUT2D eigenvalue weighted by Crippen LogP contribution is -2.31. The smallest absolute Gasteiger partial charge is 0.305 e. The van der Waals surface area contributed by atoms with Crippen molar-refractivity contribution in [2.24, 2.45) is 11.8 Å². The first-order chi connectivity index (χ1) is 14.5. The van der Waals surface area contributed by atoms with Crippen LogP contribution in [0.2, 0.25) is 0 Å². The molecule has 1 heterocycles. The van der Waals surface area contributed by atoms with Crippen LogP contribution in [0, 0.1) is 11.8 Å². The largest absolute Gasteiger partial charge is 0.469 e. The molecule has 0 aromatic rings. The van der Waals surface area contributed by atoms with Gasteiger partial charge in [0.05, 0.1) is 13.2 Å². The fraction of sp³-hybridized carbons (Fsp3) is 0.870. The molecular weight excluding hydrogens is 388 g/mol. The molecule has 0 aromatic heterocycles. The second-order valence-corrected chi connectivity index (χ2v) is 8.45. The Bertz CT molecular complexity index is 530. The van der Waals surface area contributed by atoms with Gasteiger partial charge >= 0.3 is 11.9 Å². The van der Waals surface area contributed by atoms with E-state index in [4.69, 9.17) is 14.2 Å². The molecule has 1 saturated heterocycles. The van der Waals surface area contributed by atoms with E-state index >= 15 is 0 Å². The zero-order valence-corrected chi connectivity index (χ0v) is 18.5. The number of esters is 2. The highest BCUT2D eigenvalue weighted by Gasteiger charge is 2.45. The van der Waals surface area contributed by atoms with Gasteiger partial charge in [-0.05, 0) is 44.4 Å². The fourth-order valence-corrected chi connectivity index (χ4v) is 4.81. The second-order valence-electron chi connectivity index (χ2n) is 8.45. The monoisotopic (exact) mass is 426 g/mol. The number of methoxy groups -OCH3 is 1. The summed E-state index contributed by atoms with van der Waals surface area (Å²) in [6, 6.07) is 0. The zero-order valence-electron chi connectivity index (χ0n) is 18.5. The second kappa shape index (κ2) is 13.8. The molecule has 0 amide bonds. The van der Waals surface area contributed by atoms with Gasteiger partial charge in [0.1, 0.15) is 12.4 Å². The Morgan fingerprint density at radius 3 is 2.47 bits per heavy atom. The van der Waals surface area contributed by atoms with Crippen molar-refractivity contribution in [2.45, 2.75) is 102 Å². The van der Waals surface area contributed by atoms with E-state index in [0.717, 1.165) is 70.7 Å². The molecule has 7 nitrogen and oxygen atoms in total. The van der Waals surface area contributed by atoms with Gasteiger partial charge in [0.25, 0.3) is 0 Å². The van der Waals surface area contributed by atoms with Crippen molar-refractivity contribution in [1.29, 1.82) is 0 Å². The summed E-state index contributed by atoms with van der Waals surface area (Å²) in [5.74, 6) is -0.0745. The van der Waals surface area contributed by atoms with Gasteiger partial charge in [-0.25, -0.2) is 0 Å². The highest BCUT2D eigenvalue weighted by molar-refractivity contribution is 5.69. The van der Waals surface area contributed by atoms with Gasteiger partial charge in [-0.2, -0.15) is 0 Å². The quantitative estimate of drug-likeness (QED) is 0.250. The molecule has 2 aliphatic rings. The van der Waals surface area contributed by atoms with Gasteiger partial charge in [-0.1, -0.05) is 19.3 Å². The van der Waals surface area contributed by atoms with Crippen molar-refractivity contribution in [2.75, 3.05) is 13.7 Å². The molecule has 0 spiro atoms. The maximum Gasteiger partial charge on any atom is 0.305 e. The Hall–Kier alpha value is -1.47. The summed E-state index contributed by atoms with van der Waals surface area (Å²) in [4.78, 5) is 33.9. The van der Waals surface area contributed by atoms with Crippen LogP contribution in [0.1, 0.15) is 84.0 Å². The van der Waals surface area contributed by atoms with Gasteiger partial charge in [0.2, 0.25) is 0 Å². The Balaban J connectivity index is 1.92. The van der Waals surface area contributed by atoms with Gasteiger partial charge < -0.3 is 23.7 Å². The summed E-state index contributed by atoms with van der Waals surface area (Å²) >= 11 is 0. The molecule has 7 heteroatoms. The molecule has 0 radical (unpaired) electrons. The standard InChI is InChI=1S/C23H38O7/c1-17(25)29-20-16-21(30-23-13-7-8-15-28-23)19(11-9-14-24)18(20)10-5-3-4-6-12-22(26)27-2/h14,18-21,23H,3-13,15-16H2,1-2H3. The van der Waals surface area contributed by atoms with E-state index in [0.29, 0.717) is 19.3 Å². The number of unbranched alkanes of at least 4 members (excludes halogenated alkanes) is 3. The van der Waals surface area contributed by atoms with Crippen LogP contribution in [-0.4, -0.2) is 50.4 Å². The summed E-state index contributed by atoms with van der Waals surface area (Å²) in [5, 5.41) is 0. The van der Waals surface area contributed by atoms with E-state index < -0.39 is 0 Å². The van der Waals surface area contributed by atoms with E-state index in [1.165, 1.54) is 14.0 Å². The van der Waals surface area contributed by atoms with Crippen LogP contribution in [0.25, 0.3) is 0 Å². The van der Waals surface area contributed by atoms with Crippen molar-refractivity contribution in [3.05, 3.63) is 0 Å². The lowest BCUT2D eigenvalue weighted by Gasteiger charge is -2.30. The van der Waals surface area contributed by atoms with Crippen LogP contribution < -0.4 is 0 Å². The molecule has 1 aliphatic carbocycles. The number of carbonyl (C=O) groups excluding carboxylic acids is 3. The molecule has 1 saturated carbocycles. The molecule has 0 aromatic carbocycles. The first-order valence-electron chi connectivity index (χ1n) is 11.5. The number of rotatable bonds is 13. The molecule has 0 bridgehead atoms. The van der Waals surface area contributed by atoms with Crippen molar-refractivity contribution in [3.63, 3.8) is 0 Å². The third-order valence-electron chi connectivity index (χ3n) is 6.27. The molecule has 172 valence electrons. The minimum atomic E-state index is -0.271. The minimum Gasteiger partial charge on any atom is -0.469 e. The molecule has 2 rings (SSSR count). The Morgan fingerprint density at radius 2 is 1.80 bits per heavy atom. The summed E-state index contributed by atoms with van der Waals surface area (Å²) < 4.78 is 22.4. The predicted octanol–water partition coefficient (Wildman–Crippen LogP) is 3.96. The summed E-state index contributed by atoms with van der Waals surface area (Å²) in [5.41, 5.74) is 0. The lowest BCUT2D eigenvalue weighted by molar-refractivity contribution is -0.196. The first-order valence-corrected chi connectivity index (χ1v) is 11.5. The summed E-state index contributed by atoms with van der Waals surface area (Å²) in [7, 11) is 1.41. The Kier molecular flexibility index (Phi) is 11.4. The Labute approximate surface area is 180 Å². The average Bonchev–Trinajstić information content (AvgIpc) is 3.04. The average molecular weight is 427 g/mol. The highest BCUT2D eigenvalue weighted by atomic mass is 16.7. The Morgan fingerprint density at radius 1 is 1.03 bits per heavy atom. The highest BCUT2D eigenvalue weighted by Crippen LogP contribution is 2.43. The van der Waals surface area contributed by atoms with Crippen molar-refractivity contribution in [1.82, 2.24) is 0 Å². The van der Waals surface area contributed by atoms with Gasteiger partial charge in [0.15, 0.2) is 6.29 Å². The van der Waals surface area contributed by atoms with E-state index in [-0.39, 0.29) is 42.3 Å². The third-order valence-corrected chi connectivity index (χ3v) is 6.27. The van der Waals surface area contributed by atoms with Gasteiger partial charge in [0, 0.05) is 38.7 Å². The normalized spacial score (nSPS) is 28.8. The number of aldehydes is 1. The van der Waals surface area contributed by atoms with Crippen molar-refractivity contribution < 1.29 is 33.3 Å². The van der Waals surface area contributed by atoms with Crippen molar-refractivity contribution in [3.8, 4) is 0 Å². The van der Waals surface area contributed by atoms with Crippen molar-refractivity contribution >= 4 is 18.2 Å². The van der Waals surface area contributed by atoms with Crippen LogP contribution in [-0.2, 0) is 33.3 Å². The molecule has 1 aliphatic heterocycles. The predicted molar refractivity (Wildman–Crippen MR) is 111 cm³/mol. The zero-order chi connectivity index (χ0) is 21.8. The van der Waals surface area contributed by atoms with Gasteiger partial charge in [-0.3, -0.25) is 9.59 Å².